The first-order valence-electron chi connectivity index (χ1n) is 7.92. The van der Waals surface area contributed by atoms with Gasteiger partial charge in [-0.1, -0.05) is 0 Å². The van der Waals surface area contributed by atoms with Crippen molar-refractivity contribution in [1.82, 2.24) is 0 Å². The zero-order valence-corrected chi connectivity index (χ0v) is 13.6. The van der Waals surface area contributed by atoms with Crippen LogP contribution in [0.25, 0.3) is 27.3 Å². The van der Waals surface area contributed by atoms with E-state index in [0.29, 0.717) is 37.3 Å². The van der Waals surface area contributed by atoms with Gasteiger partial charge in [-0.05, 0) is 0 Å². The van der Waals surface area contributed by atoms with Gasteiger partial charge in [0, 0.05) is 0 Å². The SMILES string of the molecule is [C-]#[N+]c1c(-c2ccccc2)oc(CCN=CB=O)c1-c1ccccc1. The van der Waals surface area contributed by atoms with Crippen LogP contribution < -0.4 is 0 Å². The summed E-state index contributed by atoms with van der Waals surface area (Å²) >= 11 is 0. The molecule has 120 valence electrons. The van der Waals surface area contributed by atoms with Crippen LogP contribution in [0, 0.1) is 6.57 Å². The Bertz CT molecular complexity index is 926. The van der Waals surface area contributed by atoms with Crippen LogP contribution in [-0.4, -0.2) is 19.8 Å². The molecule has 0 aliphatic rings. The fourth-order valence-corrected chi connectivity index (χ4v) is 2.72. The van der Waals surface area contributed by atoms with Gasteiger partial charge in [-0.15, -0.1) is 0 Å². The molecule has 3 rings (SSSR count). The van der Waals surface area contributed by atoms with Crippen molar-refractivity contribution in [3.8, 4) is 22.5 Å². The molecule has 5 heteroatoms. The van der Waals surface area contributed by atoms with E-state index < -0.39 is 0 Å². The summed E-state index contributed by atoms with van der Waals surface area (Å²) in [6.45, 7) is 8.10. The summed E-state index contributed by atoms with van der Waals surface area (Å²) < 4.78 is 16.5. The van der Waals surface area contributed by atoms with Crippen LogP contribution >= 0.6 is 0 Å². The summed E-state index contributed by atoms with van der Waals surface area (Å²) in [7, 11) is 0.653. The molecule has 1 heterocycles. The predicted octanol–water partition coefficient (Wildman–Crippen LogP) is 4.78. The number of furan rings is 1. The molecule has 0 saturated heterocycles. The first-order chi connectivity index (χ1) is 12.3. The molecule has 1 aromatic heterocycles. The molecule has 0 spiro atoms. The van der Waals surface area contributed by atoms with Crippen molar-refractivity contribution in [3.63, 3.8) is 0 Å². The molecule has 0 fully saturated rings. The molecule has 0 N–H and O–H groups in total. The van der Waals surface area contributed by atoms with Crippen molar-refractivity contribution in [3.05, 3.63) is 77.8 Å². The molecular formula is C20H15BN2O2. The van der Waals surface area contributed by atoms with Crippen LogP contribution in [0.4, 0.5) is 5.69 Å². The normalized spacial score (nSPS) is 10.5. The van der Waals surface area contributed by atoms with Crippen LogP contribution in [0.5, 0.6) is 0 Å². The van der Waals surface area contributed by atoms with E-state index in [1.807, 2.05) is 60.7 Å². The van der Waals surface area contributed by atoms with Gasteiger partial charge >= 0.3 is 146 Å². The van der Waals surface area contributed by atoms with Crippen molar-refractivity contribution in [2.75, 3.05) is 6.54 Å². The molecule has 3 aromatic rings. The Morgan fingerprint density at radius 1 is 1.04 bits per heavy atom. The average molecular weight is 326 g/mol. The molecule has 0 bridgehead atoms. The quantitative estimate of drug-likeness (QED) is 0.372. The predicted molar refractivity (Wildman–Crippen MR) is 99.3 cm³/mol. The molecule has 0 aliphatic carbocycles. The van der Waals surface area contributed by atoms with E-state index in [1.165, 1.54) is 6.11 Å². The van der Waals surface area contributed by atoms with Crippen LogP contribution in [0.2, 0.25) is 0 Å². The maximum atomic E-state index is 10.4. The Hall–Kier alpha value is -3.26. The maximum absolute atomic E-state index is 10.4. The molecule has 0 amide bonds. The number of nitrogens with zero attached hydrogens (tertiary/aromatic N) is 2. The standard InChI is InChI=1S/C20H15BN2O2/c1-22-19-18(15-8-4-2-5-9-15)17(12-13-23-14-21-24)25-20(19)16-10-6-3-7-11-16/h2-11,14H,12-13H2. The third-order valence-corrected chi connectivity index (χ3v) is 3.80. The Morgan fingerprint density at radius 3 is 2.28 bits per heavy atom. The second-order valence-corrected chi connectivity index (χ2v) is 5.36. The van der Waals surface area contributed by atoms with E-state index in [4.69, 9.17) is 11.0 Å². The molecule has 0 radical (unpaired) electrons. The van der Waals surface area contributed by atoms with Crippen molar-refractivity contribution in [1.29, 1.82) is 0 Å². The summed E-state index contributed by atoms with van der Waals surface area (Å²) in [5, 5.41) is 0. The fourth-order valence-electron chi connectivity index (χ4n) is 2.72. The van der Waals surface area contributed by atoms with Crippen molar-refractivity contribution in [2.45, 2.75) is 6.42 Å². The number of hydrogen-bond donors (Lipinski definition) is 0. The minimum atomic E-state index is 0.428. The third-order valence-electron chi connectivity index (χ3n) is 3.80. The second-order valence-electron chi connectivity index (χ2n) is 5.36. The monoisotopic (exact) mass is 326 g/mol. The topological polar surface area (TPSA) is 46.9 Å². The molecule has 0 atom stereocenters. The van der Waals surface area contributed by atoms with Crippen LogP contribution in [-0.2, 0) is 11.1 Å². The Kier molecular flexibility index (Phi) is 5.33. The van der Waals surface area contributed by atoms with Gasteiger partial charge in [-0.25, -0.2) is 0 Å². The number of aliphatic imine (C=N–C) groups is 1. The van der Waals surface area contributed by atoms with Crippen molar-refractivity contribution in [2.24, 2.45) is 4.99 Å². The molecule has 0 unspecified atom stereocenters. The van der Waals surface area contributed by atoms with Crippen LogP contribution in [0.3, 0.4) is 0 Å². The van der Waals surface area contributed by atoms with E-state index in [9.17, 15) is 4.70 Å². The second kappa shape index (κ2) is 8.03. The van der Waals surface area contributed by atoms with Gasteiger partial charge in [-0.2, -0.15) is 0 Å². The summed E-state index contributed by atoms with van der Waals surface area (Å²) in [5.74, 6) is 1.28. The van der Waals surface area contributed by atoms with E-state index >= 15 is 0 Å². The van der Waals surface area contributed by atoms with E-state index in [0.717, 1.165) is 16.7 Å². The summed E-state index contributed by atoms with van der Waals surface area (Å²) in [4.78, 5) is 7.78. The van der Waals surface area contributed by atoms with Gasteiger partial charge in [0.25, 0.3) is 0 Å². The van der Waals surface area contributed by atoms with Crippen LogP contribution in [0.1, 0.15) is 5.76 Å². The number of hydrogen-bond acceptors (Lipinski definition) is 3. The minimum absolute atomic E-state index is 0.428. The zero-order valence-electron chi connectivity index (χ0n) is 13.6. The third kappa shape index (κ3) is 3.64. The van der Waals surface area contributed by atoms with Gasteiger partial charge in [0.15, 0.2) is 0 Å². The van der Waals surface area contributed by atoms with Gasteiger partial charge < -0.3 is 0 Å². The van der Waals surface area contributed by atoms with Crippen LogP contribution in [0.15, 0.2) is 70.1 Å². The molecule has 4 nitrogen and oxygen atoms in total. The van der Waals surface area contributed by atoms with E-state index in [1.54, 1.807) is 0 Å². The fraction of sp³-hybridized carbons (Fsp3) is 0.100. The van der Waals surface area contributed by atoms with Gasteiger partial charge in [0.05, 0.1) is 0 Å². The Morgan fingerprint density at radius 2 is 1.68 bits per heavy atom. The molecule has 2 aromatic carbocycles. The first-order valence-corrected chi connectivity index (χ1v) is 7.92. The summed E-state index contributed by atoms with van der Waals surface area (Å²) in [6, 6.07) is 19.4. The molecule has 0 aliphatic heterocycles. The van der Waals surface area contributed by atoms with Gasteiger partial charge in [0.2, 0.25) is 0 Å². The zero-order chi connectivity index (χ0) is 17.5. The summed E-state index contributed by atoms with van der Waals surface area (Å²) in [5.41, 5.74) is 3.12. The Balaban J connectivity index is 2.12. The first kappa shape index (κ1) is 16.6. The van der Waals surface area contributed by atoms with Crippen molar-refractivity contribution >= 4 is 19.0 Å². The number of rotatable bonds is 6. The molecular weight excluding hydrogens is 311 g/mol. The number of benzene rings is 2. The van der Waals surface area contributed by atoms with Gasteiger partial charge in [-0.3, -0.25) is 0 Å². The summed E-state index contributed by atoms with van der Waals surface area (Å²) in [6.07, 6.45) is 1.75. The average Bonchev–Trinajstić information content (AvgIpc) is 3.05. The molecule has 0 saturated carbocycles. The van der Waals surface area contributed by atoms with Gasteiger partial charge in [0.1, 0.15) is 0 Å². The Labute approximate surface area is 146 Å². The van der Waals surface area contributed by atoms with E-state index in [2.05, 4.69) is 9.84 Å². The van der Waals surface area contributed by atoms with Crippen molar-refractivity contribution < 1.29 is 9.12 Å². The van der Waals surface area contributed by atoms with E-state index in [-0.39, 0.29) is 0 Å². The molecule has 25 heavy (non-hydrogen) atoms.